The van der Waals surface area contributed by atoms with Gasteiger partial charge in [0.25, 0.3) is 5.91 Å². The van der Waals surface area contributed by atoms with Gasteiger partial charge in [-0.05, 0) is 31.4 Å². The Morgan fingerprint density at radius 1 is 1.18 bits per heavy atom. The first kappa shape index (κ1) is 17.3. The summed E-state index contributed by atoms with van der Waals surface area (Å²) in [6.45, 7) is 1.24. The van der Waals surface area contributed by atoms with E-state index in [0.717, 1.165) is 36.2 Å². The summed E-state index contributed by atoms with van der Waals surface area (Å²) in [5.41, 5.74) is 2.35. The first-order valence-electron chi connectivity index (χ1n) is 9.30. The molecule has 1 aliphatic carbocycles. The lowest BCUT2D eigenvalue weighted by Gasteiger charge is -2.08. The second kappa shape index (κ2) is 6.99. The second-order valence-corrected chi connectivity index (χ2v) is 8.00. The molecule has 2 N–H and O–H groups in total. The van der Waals surface area contributed by atoms with E-state index >= 15 is 0 Å². The number of thiazole rings is 1. The summed E-state index contributed by atoms with van der Waals surface area (Å²) in [4.78, 5) is 33.2. The van der Waals surface area contributed by atoms with Crippen molar-refractivity contribution in [2.45, 2.75) is 25.3 Å². The molecule has 9 heteroatoms. The van der Waals surface area contributed by atoms with Crippen molar-refractivity contribution in [2.75, 3.05) is 18.5 Å². The van der Waals surface area contributed by atoms with Crippen LogP contribution in [0.1, 0.15) is 29.1 Å². The van der Waals surface area contributed by atoms with Crippen LogP contribution in [0.3, 0.4) is 0 Å². The molecule has 8 nitrogen and oxygen atoms in total. The van der Waals surface area contributed by atoms with E-state index < -0.39 is 0 Å². The Labute approximate surface area is 164 Å². The summed E-state index contributed by atoms with van der Waals surface area (Å²) < 4.78 is 7.14. The van der Waals surface area contributed by atoms with Gasteiger partial charge in [0.05, 0.1) is 24.5 Å². The van der Waals surface area contributed by atoms with E-state index in [2.05, 4.69) is 20.6 Å². The number of hydrogen-bond donors (Lipinski definition) is 2. The molecule has 2 aliphatic rings. The van der Waals surface area contributed by atoms with Crippen LogP contribution in [0.25, 0.3) is 16.9 Å². The molecule has 28 heavy (non-hydrogen) atoms. The smallest absolute Gasteiger partial charge is 0.280 e. The standard InChI is InChI=1S/C19H19N5O3S/c25-17(11-1-2-11)23-15-8-24-7-12(3-4-16(24)22-15)14-10-28-19(21-14)18(26)20-13-5-6-27-9-13/h3-4,7-8,10-11,13H,1-2,5-6,9H2,(H,20,26)(H,23,25)/t13-/m0/s1. The molecule has 1 saturated heterocycles. The number of nitrogens with zero attached hydrogens (tertiary/aromatic N) is 3. The fraction of sp³-hybridized carbons (Fsp3) is 0.368. The number of nitrogens with one attached hydrogen (secondary N) is 2. The van der Waals surface area contributed by atoms with Gasteiger partial charge >= 0.3 is 0 Å². The summed E-state index contributed by atoms with van der Waals surface area (Å²) in [5, 5.41) is 8.12. The number of imidazole rings is 1. The number of anilines is 1. The van der Waals surface area contributed by atoms with E-state index in [9.17, 15) is 9.59 Å². The zero-order chi connectivity index (χ0) is 19.1. The molecule has 2 fully saturated rings. The van der Waals surface area contributed by atoms with Crippen molar-refractivity contribution in [1.82, 2.24) is 19.7 Å². The molecule has 1 atom stereocenters. The maximum absolute atomic E-state index is 12.3. The fourth-order valence-electron chi connectivity index (χ4n) is 3.18. The SMILES string of the molecule is O=C(N[C@H]1CCOC1)c1nc(-c2ccc3nc(NC(=O)C4CC4)cn3c2)cs1. The van der Waals surface area contributed by atoms with E-state index in [0.29, 0.717) is 24.0 Å². The molecule has 0 unspecified atom stereocenters. The van der Waals surface area contributed by atoms with Crippen molar-refractivity contribution in [1.29, 1.82) is 0 Å². The molecule has 5 rings (SSSR count). The van der Waals surface area contributed by atoms with Crippen molar-refractivity contribution in [3.05, 3.63) is 34.9 Å². The van der Waals surface area contributed by atoms with Gasteiger partial charge in [-0.2, -0.15) is 0 Å². The molecule has 0 aromatic carbocycles. The van der Waals surface area contributed by atoms with Gasteiger partial charge in [0.2, 0.25) is 5.91 Å². The minimum absolute atomic E-state index is 0.0337. The lowest BCUT2D eigenvalue weighted by atomic mass is 10.2. The predicted molar refractivity (Wildman–Crippen MR) is 104 cm³/mol. The van der Waals surface area contributed by atoms with Crippen molar-refractivity contribution < 1.29 is 14.3 Å². The summed E-state index contributed by atoms with van der Waals surface area (Å²) in [6, 6.07) is 3.85. The van der Waals surface area contributed by atoms with Gasteiger partial charge in [-0.3, -0.25) is 9.59 Å². The van der Waals surface area contributed by atoms with Crippen LogP contribution in [0.15, 0.2) is 29.9 Å². The molecule has 0 spiro atoms. The van der Waals surface area contributed by atoms with E-state index in [4.69, 9.17) is 4.74 Å². The highest BCUT2D eigenvalue weighted by Gasteiger charge is 2.30. The van der Waals surface area contributed by atoms with Gasteiger partial charge in [-0.25, -0.2) is 9.97 Å². The van der Waals surface area contributed by atoms with Crippen LogP contribution in [0, 0.1) is 5.92 Å². The first-order valence-corrected chi connectivity index (χ1v) is 10.2. The van der Waals surface area contributed by atoms with E-state index in [-0.39, 0.29) is 23.8 Å². The third-order valence-corrected chi connectivity index (χ3v) is 5.75. The fourth-order valence-corrected chi connectivity index (χ4v) is 3.91. The van der Waals surface area contributed by atoms with Gasteiger partial charge in [0, 0.05) is 29.7 Å². The van der Waals surface area contributed by atoms with E-state index in [1.165, 1.54) is 11.3 Å². The Kier molecular flexibility index (Phi) is 4.33. The minimum atomic E-state index is -0.166. The number of fused-ring (bicyclic) bond motifs is 1. The number of hydrogen-bond acceptors (Lipinski definition) is 6. The highest BCUT2D eigenvalue weighted by Crippen LogP contribution is 2.30. The molecule has 4 heterocycles. The highest BCUT2D eigenvalue weighted by atomic mass is 32.1. The van der Waals surface area contributed by atoms with E-state index in [1.807, 2.05) is 28.1 Å². The van der Waals surface area contributed by atoms with Crippen LogP contribution in [-0.4, -0.2) is 45.4 Å². The summed E-state index contributed by atoms with van der Waals surface area (Å²) in [7, 11) is 0. The van der Waals surface area contributed by atoms with Gasteiger partial charge in [-0.1, -0.05) is 0 Å². The number of carbonyl (C=O) groups excluding carboxylic acids is 2. The first-order chi connectivity index (χ1) is 13.7. The maximum Gasteiger partial charge on any atom is 0.280 e. The predicted octanol–water partition coefficient (Wildman–Crippen LogP) is 2.33. The zero-order valence-electron chi connectivity index (χ0n) is 15.1. The summed E-state index contributed by atoms with van der Waals surface area (Å²) in [6.07, 6.45) is 6.43. The van der Waals surface area contributed by atoms with Crippen molar-refractivity contribution in [3.63, 3.8) is 0 Å². The normalized spacial score (nSPS) is 19.1. The lowest BCUT2D eigenvalue weighted by molar-refractivity contribution is -0.117. The Hall–Kier alpha value is -2.78. The Bertz CT molecular complexity index is 1050. The van der Waals surface area contributed by atoms with Crippen LogP contribution >= 0.6 is 11.3 Å². The number of amides is 2. The second-order valence-electron chi connectivity index (χ2n) is 7.14. The third-order valence-electron chi connectivity index (χ3n) is 4.91. The molecule has 0 bridgehead atoms. The average molecular weight is 397 g/mol. The number of aromatic nitrogens is 3. The molecule has 2 amide bonds. The largest absolute Gasteiger partial charge is 0.379 e. The Balaban J connectivity index is 1.33. The third kappa shape index (κ3) is 3.50. The van der Waals surface area contributed by atoms with Crippen LogP contribution in [0.5, 0.6) is 0 Å². The quantitative estimate of drug-likeness (QED) is 0.689. The van der Waals surface area contributed by atoms with Gasteiger partial charge in [0.15, 0.2) is 10.8 Å². The number of ether oxygens (including phenoxy) is 1. The van der Waals surface area contributed by atoms with Crippen LogP contribution in [-0.2, 0) is 9.53 Å². The minimum Gasteiger partial charge on any atom is -0.379 e. The molecular weight excluding hydrogens is 378 g/mol. The topological polar surface area (TPSA) is 97.6 Å². The van der Waals surface area contributed by atoms with Crippen molar-refractivity contribution >= 4 is 34.6 Å². The molecule has 1 saturated carbocycles. The summed E-state index contributed by atoms with van der Waals surface area (Å²) in [5.74, 6) is 0.550. The average Bonchev–Trinajstić information content (AvgIpc) is 3.08. The van der Waals surface area contributed by atoms with Gasteiger partial charge < -0.3 is 19.8 Å². The summed E-state index contributed by atoms with van der Waals surface area (Å²) >= 11 is 1.32. The van der Waals surface area contributed by atoms with Gasteiger partial charge in [-0.15, -0.1) is 11.3 Å². The highest BCUT2D eigenvalue weighted by molar-refractivity contribution is 7.12. The van der Waals surface area contributed by atoms with Crippen LogP contribution < -0.4 is 10.6 Å². The van der Waals surface area contributed by atoms with Crippen molar-refractivity contribution in [2.24, 2.45) is 5.92 Å². The molecular formula is C19H19N5O3S. The monoisotopic (exact) mass is 397 g/mol. The van der Waals surface area contributed by atoms with Crippen LogP contribution in [0.2, 0.25) is 0 Å². The number of pyridine rings is 1. The number of carbonyl (C=O) groups is 2. The van der Waals surface area contributed by atoms with Crippen molar-refractivity contribution in [3.8, 4) is 11.3 Å². The molecule has 0 radical (unpaired) electrons. The maximum atomic E-state index is 12.3. The molecule has 3 aromatic rings. The Morgan fingerprint density at radius 2 is 2.07 bits per heavy atom. The lowest BCUT2D eigenvalue weighted by Crippen LogP contribution is -2.34. The van der Waals surface area contributed by atoms with Gasteiger partial charge in [0.1, 0.15) is 5.65 Å². The molecule has 1 aliphatic heterocycles. The number of rotatable bonds is 5. The Morgan fingerprint density at radius 3 is 2.86 bits per heavy atom. The molecule has 3 aromatic heterocycles. The van der Waals surface area contributed by atoms with E-state index in [1.54, 1.807) is 6.20 Å². The molecule has 144 valence electrons. The zero-order valence-corrected chi connectivity index (χ0v) is 15.9. The van der Waals surface area contributed by atoms with Crippen LogP contribution in [0.4, 0.5) is 5.82 Å².